The first-order valence-electron chi connectivity index (χ1n) is 10.7. The van der Waals surface area contributed by atoms with Gasteiger partial charge in [-0.2, -0.15) is 0 Å². The second-order valence-electron chi connectivity index (χ2n) is 7.71. The van der Waals surface area contributed by atoms with Gasteiger partial charge < -0.3 is 14.1 Å². The zero-order valence-corrected chi connectivity index (χ0v) is 18.3. The van der Waals surface area contributed by atoms with Crippen LogP contribution in [0.2, 0.25) is 0 Å². The van der Waals surface area contributed by atoms with E-state index in [9.17, 15) is 9.59 Å². The molecule has 4 rings (SSSR count). The van der Waals surface area contributed by atoms with E-state index in [4.69, 9.17) is 9.15 Å². The summed E-state index contributed by atoms with van der Waals surface area (Å²) in [6.07, 6.45) is 2.45. The van der Waals surface area contributed by atoms with Gasteiger partial charge >= 0.3 is 0 Å². The van der Waals surface area contributed by atoms with Crippen molar-refractivity contribution in [2.24, 2.45) is 0 Å². The van der Waals surface area contributed by atoms with Crippen LogP contribution in [0.1, 0.15) is 30.2 Å². The predicted octanol–water partition coefficient (Wildman–Crippen LogP) is 4.48. The third-order valence-electron chi connectivity index (χ3n) is 5.30. The Bertz CT molecular complexity index is 1100. The minimum Gasteiger partial charge on any atom is -0.494 e. The fourth-order valence-corrected chi connectivity index (χ4v) is 3.75. The predicted molar refractivity (Wildman–Crippen MR) is 121 cm³/mol. The highest BCUT2D eigenvalue weighted by Gasteiger charge is 2.41. The van der Waals surface area contributed by atoms with E-state index in [1.807, 2.05) is 73.5 Å². The number of ether oxygens (including phenoxy) is 1. The highest BCUT2D eigenvalue weighted by Crippen LogP contribution is 2.33. The number of hydrogen-bond donors (Lipinski definition) is 0. The Morgan fingerprint density at radius 2 is 1.69 bits per heavy atom. The Balaban J connectivity index is 1.69. The van der Waals surface area contributed by atoms with Crippen molar-refractivity contribution in [3.63, 3.8) is 0 Å². The molecule has 0 spiro atoms. The topological polar surface area (TPSA) is 63.0 Å². The zero-order valence-electron chi connectivity index (χ0n) is 18.3. The van der Waals surface area contributed by atoms with E-state index in [2.05, 4.69) is 0 Å². The van der Waals surface area contributed by atoms with Gasteiger partial charge in [0.1, 0.15) is 17.2 Å². The van der Waals surface area contributed by atoms with Crippen LogP contribution in [-0.2, 0) is 22.7 Å². The lowest BCUT2D eigenvalue weighted by atomic mass is 10.0. The van der Waals surface area contributed by atoms with Crippen molar-refractivity contribution in [3.8, 4) is 5.75 Å². The van der Waals surface area contributed by atoms with Crippen LogP contribution < -0.4 is 4.74 Å². The van der Waals surface area contributed by atoms with Crippen LogP contribution >= 0.6 is 0 Å². The van der Waals surface area contributed by atoms with Crippen molar-refractivity contribution >= 4 is 17.4 Å². The molecule has 0 aliphatic carbocycles. The van der Waals surface area contributed by atoms with E-state index in [1.165, 1.54) is 11.2 Å². The van der Waals surface area contributed by atoms with E-state index in [0.717, 1.165) is 17.7 Å². The van der Waals surface area contributed by atoms with E-state index in [-0.39, 0.29) is 18.4 Å². The molecule has 2 aromatic carbocycles. The van der Waals surface area contributed by atoms with Crippen molar-refractivity contribution in [3.05, 3.63) is 95.6 Å². The van der Waals surface area contributed by atoms with E-state index >= 15 is 0 Å². The Morgan fingerprint density at radius 1 is 0.938 bits per heavy atom. The Kier molecular flexibility index (Phi) is 6.40. The smallest absolute Gasteiger partial charge is 0.278 e. The summed E-state index contributed by atoms with van der Waals surface area (Å²) in [5.41, 5.74) is 2.51. The quantitative estimate of drug-likeness (QED) is 0.469. The summed E-state index contributed by atoms with van der Waals surface area (Å²) in [7, 11) is 1.84. The van der Waals surface area contributed by atoms with Crippen molar-refractivity contribution in [1.82, 2.24) is 9.80 Å². The molecule has 0 radical (unpaired) electrons. The van der Waals surface area contributed by atoms with Crippen LogP contribution in [0.3, 0.4) is 0 Å². The lowest BCUT2D eigenvalue weighted by Gasteiger charge is -2.21. The fraction of sp³-hybridized carbons (Fsp3) is 0.231. The first kappa shape index (κ1) is 21.4. The van der Waals surface area contributed by atoms with Gasteiger partial charge in [0.25, 0.3) is 11.8 Å². The first-order chi connectivity index (χ1) is 15.6. The summed E-state index contributed by atoms with van der Waals surface area (Å²) in [4.78, 5) is 29.9. The molecule has 164 valence electrons. The van der Waals surface area contributed by atoms with Crippen molar-refractivity contribution in [2.45, 2.75) is 26.4 Å². The normalized spacial score (nSPS) is 13.8. The van der Waals surface area contributed by atoms with Crippen LogP contribution in [-0.4, -0.2) is 35.3 Å². The summed E-state index contributed by atoms with van der Waals surface area (Å²) in [6.45, 7) is 3.27. The molecule has 2 amide bonds. The molecular weight excluding hydrogens is 404 g/mol. The summed E-state index contributed by atoms with van der Waals surface area (Å²) in [5.74, 6) is 0.635. The molecule has 0 unspecified atom stereocenters. The molecule has 3 aromatic rings. The maximum Gasteiger partial charge on any atom is 0.278 e. The molecular formula is C26H26N2O4. The SMILES string of the molecule is CCCOc1ccc(C2=C(N(C)Cc3ccccc3)C(=O)N(Cc3ccco3)C2=O)cc1. The molecule has 0 fully saturated rings. The monoisotopic (exact) mass is 430 g/mol. The molecule has 1 aliphatic rings. The third kappa shape index (κ3) is 4.44. The number of hydrogen-bond acceptors (Lipinski definition) is 5. The van der Waals surface area contributed by atoms with E-state index in [1.54, 1.807) is 12.1 Å². The average Bonchev–Trinajstić information content (AvgIpc) is 3.41. The average molecular weight is 431 g/mol. The third-order valence-corrected chi connectivity index (χ3v) is 5.30. The molecule has 6 heteroatoms. The molecule has 0 saturated heterocycles. The van der Waals surface area contributed by atoms with Gasteiger partial charge in [-0.05, 0) is 41.8 Å². The van der Waals surface area contributed by atoms with Crippen LogP contribution in [0.4, 0.5) is 0 Å². The number of imide groups is 1. The number of carbonyl (C=O) groups excluding carboxylic acids is 2. The summed E-state index contributed by atoms with van der Waals surface area (Å²) in [5, 5.41) is 0. The van der Waals surface area contributed by atoms with E-state index < -0.39 is 0 Å². The van der Waals surface area contributed by atoms with Gasteiger partial charge in [0.2, 0.25) is 0 Å². The molecule has 1 aliphatic heterocycles. The lowest BCUT2D eigenvalue weighted by molar-refractivity contribution is -0.138. The minimum absolute atomic E-state index is 0.0918. The van der Waals surface area contributed by atoms with Gasteiger partial charge in [-0.1, -0.05) is 49.4 Å². The van der Waals surface area contributed by atoms with Crippen LogP contribution in [0, 0.1) is 0 Å². The summed E-state index contributed by atoms with van der Waals surface area (Å²) < 4.78 is 11.0. The van der Waals surface area contributed by atoms with Gasteiger partial charge in [0, 0.05) is 13.6 Å². The van der Waals surface area contributed by atoms with Gasteiger partial charge in [-0.15, -0.1) is 0 Å². The minimum atomic E-state index is -0.330. The van der Waals surface area contributed by atoms with Crippen molar-refractivity contribution in [2.75, 3.05) is 13.7 Å². The number of carbonyl (C=O) groups is 2. The highest BCUT2D eigenvalue weighted by molar-refractivity contribution is 6.35. The largest absolute Gasteiger partial charge is 0.494 e. The second-order valence-corrected chi connectivity index (χ2v) is 7.71. The fourth-order valence-electron chi connectivity index (χ4n) is 3.75. The van der Waals surface area contributed by atoms with Gasteiger partial charge in [0.05, 0.1) is 25.0 Å². The zero-order chi connectivity index (χ0) is 22.5. The molecule has 6 nitrogen and oxygen atoms in total. The molecule has 1 aromatic heterocycles. The van der Waals surface area contributed by atoms with Crippen LogP contribution in [0.25, 0.3) is 5.57 Å². The van der Waals surface area contributed by atoms with Crippen molar-refractivity contribution in [1.29, 1.82) is 0 Å². The molecule has 0 N–H and O–H groups in total. The second kappa shape index (κ2) is 9.56. The molecule has 0 saturated carbocycles. The Hall–Kier alpha value is -3.80. The molecule has 0 atom stereocenters. The number of benzene rings is 2. The van der Waals surface area contributed by atoms with Gasteiger partial charge in [-0.3, -0.25) is 14.5 Å². The first-order valence-corrected chi connectivity index (χ1v) is 10.7. The maximum absolute atomic E-state index is 13.4. The number of furan rings is 1. The van der Waals surface area contributed by atoms with E-state index in [0.29, 0.717) is 35.7 Å². The summed E-state index contributed by atoms with van der Waals surface area (Å²) >= 11 is 0. The number of amides is 2. The number of nitrogens with zero attached hydrogens (tertiary/aromatic N) is 2. The lowest BCUT2D eigenvalue weighted by Crippen LogP contribution is -2.33. The Morgan fingerprint density at radius 3 is 2.34 bits per heavy atom. The summed E-state index contributed by atoms with van der Waals surface area (Å²) in [6, 6.07) is 20.7. The number of likely N-dealkylation sites (N-methyl/N-ethyl adjacent to an activating group) is 1. The maximum atomic E-state index is 13.4. The standard InChI is InChI=1S/C26H26N2O4/c1-3-15-31-21-13-11-20(12-14-21)23-24(27(2)17-19-8-5-4-6-9-19)26(30)28(25(23)29)18-22-10-7-16-32-22/h4-14,16H,3,15,17-18H2,1-2H3. The highest BCUT2D eigenvalue weighted by atomic mass is 16.5. The Labute approximate surface area is 187 Å². The molecule has 2 heterocycles. The van der Waals surface area contributed by atoms with Crippen molar-refractivity contribution < 1.29 is 18.7 Å². The van der Waals surface area contributed by atoms with Gasteiger partial charge in [-0.25, -0.2) is 0 Å². The van der Waals surface area contributed by atoms with Crippen LogP contribution in [0.15, 0.2) is 83.1 Å². The molecule has 32 heavy (non-hydrogen) atoms. The number of rotatable bonds is 9. The van der Waals surface area contributed by atoms with Gasteiger partial charge in [0.15, 0.2) is 0 Å². The van der Waals surface area contributed by atoms with Crippen LogP contribution in [0.5, 0.6) is 5.75 Å². The molecule has 0 bridgehead atoms.